The highest BCUT2D eigenvalue weighted by Crippen LogP contribution is 2.31. The zero-order valence-electron chi connectivity index (χ0n) is 10.9. The van der Waals surface area contributed by atoms with Gasteiger partial charge in [0.05, 0.1) is 11.7 Å². The van der Waals surface area contributed by atoms with Gasteiger partial charge in [-0.25, -0.2) is 0 Å². The first-order valence-corrected chi connectivity index (χ1v) is 6.43. The van der Waals surface area contributed by atoms with Crippen LogP contribution in [0.25, 0.3) is 0 Å². The molecule has 1 heterocycles. The summed E-state index contributed by atoms with van der Waals surface area (Å²) < 4.78 is 38.1. The summed E-state index contributed by atoms with van der Waals surface area (Å²) in [7, 11) is 0. The summed E-state index contributed by atoms with van der Waals surface area (Å²) in [5, 5.41) is 9.59. The average Bonchev–Trinajstić information content (AvgIpc) is 2.30. The summed E-state index contributed by atoms with van der Waals surface area (Å²) in [6.45, 7) is 3.64. The van der Waals surface area contributed by atoms with Gasteiger partial charge in [0.25, 0.3) is 0 Å². The molecular weight excluding hydrogens is 255 g/mol. The molecule has 1 aromatic rings. The molecule has 0 aromatic heterocycles. The Balaban J connectivity index is 2.15. The quantitative estimate of drug-likeness (QED) is 0.895. The zero-order valence-corrected chi connectivity index (χ0v) is 10.9. The number of aliphatic hydroxyl groups excluding tert-OH is 1. The minimum absolute atomic E-state index is 0.361. The first-order chi connectivity index (χ1) is 8.86. The van der Waals surface area contributed by atoms with Gasteiger partial charge in [0.2, 0.25) is 0 Å². The summed E-state index contributed by atoms with van der Waals surface area (Å²) >= 11 is 0. The second kappa shape index (κ2) is 5.51. The van der Waals surface area contributed by atoms with Gasteiger partial charge < -0.3 is 5.11 Å². The number of halogens is 3. The van der Waals surface area contributed by atoms with Crippen molar-refractivity contribution in [2.24, 2.45) is 0 Å². The van der Waals surface area contributed by atoms with E-state index in [1.54, 1.807) is 0 Å². The topological polar surface area (TPSA) is 23.5 Å². The molecule has 0 amide bonds. The average molecular weight is 273 g/mol. The number of aliphatic hydroxyl groups is 1. The van der Waals surface area contributed by atoms with E-state index in [1.165, 1.54) is 12.1 Å². The largest absolute Gasteiger partial charge is 0.416 e. The fraction of sp³-hybridized carbons (Fsp3) is 0.571. The van der Waals surface area contributed by atoms with Gasteiger partial charge in [0.15, 0.2) is 0 Å². The van der Waals surface area contributed by atoms with Gasteiger partial charge in [-0.2, -0.15) is 13.2 Å². The van der Waals surface area contributed by atoms with Gasteiger partial charge in [0, 0.05) is 13.1 Å². The lowest BCUT2D eigenvalue weighted by Gasteiger charge is -2.30. The number of aryl methyl sites for hydroxylation is 1. The highest BCUT2D eigenvalue weighted by molar-refractivity contribution is 5.32. The van der Waals surface area contributed by atoms with Gasteiger partial charge in [0.1, 0.15) is 0 Å². The van der Waals surface area contributed by atoms with E-state index in [-0.39, 0.29) is 6.10 Å². The van der Waals surface area contributed by atoms with Crippen LogP contribution in [0.4, 0.5) is 13.2 Å². The van der Waals surface area contributed by atoms with Gasteiger partial charge in [-0.05, 0) is 49.6 Å². The molecule has 0 aliphatic carbocycles. The monoisotopic (exact) mass is 273 g/mol. The maximum absolute atomic E-state index is 12.7. The number of nitrogens with zero attached hydrogens (tertiary/aromatic N) is 1. The molecule has 0 bridgehead atoms. The molecule has 0 spiro atoms. The molecule has 1 atom stereocenters. The van der Waals surface area contributed by atoms with Crippen molar-refractivity contribution < 1.29 is 18.3 Å². The minimum Gasteiger partial charge on any atom is -0.392 e. The zero-order chi connectivity index (χ0) is 14.0. The third-order valence-electron chi connectivity index (χ3n) is 3.55. The summed E-state index contributed by atoms with van der Waals surface area (Å²) in [5.74, 6) is 0. The van der Waals surface area contributed by atoms with Gasteiger partial charge in [-0.1, -0.05) is 6.07 Å². The van der Waals surface area contributed by atoms with Crippen LogP contribution in [0.3, 0.4) is 0 Å². The molecule has 1 fully saturated rings. The second-order valence-corrected chi connectivity index (χ2v) is 5.17. The normalized spacial score (nSPS) is 21.6. The molecule has 1 aliphatic rings. The number of rotatable bonds is 2. The Morgan fingerprint density at radius 3 is 2.74 bits per heavy atom. The van der Waals surface area contributed by atoms with Crippen LogP contribution in [0.2, 0.25) is 0 Å². The van der Waals surface area contributed by atoms with E-state index < -0.39 is 11.7 Å². The Bertz CT molecular complexity index is 445. The number of likely N-dealkylation sites (tertiary alicyclic amines) is 1. The Labute approximate surface area is 110 Å². The fourth-order valence-electron chi connectivity index (χ4n) is 2.43. The molecule has 0 saturated carbocycles. The van der Waals surface area contributed by atoms with Crippen LogP contribution in [0.1, 0.15) is 29.5 Å². The minimum atomic E-state index is -4.30. The molecule has 19 heavy (non-hydrogen) atoms. The van der Waals surface area contributed by atoms with E-state index in [0.29, 0.717) is 18.7 Å². The van der Waals surface area contributed by atoms with Crippen molar-refractivity contribution in [3.63, 3.8) is 0 Å². The van der Waals surface area contributed by atoms with Crippen LogP contribution in [0, 0.1) is 6.92 Å². The van der Waals surface area contributed by atoms with Crippen molar-refractivity contribution in [2.75, 3.05) is 13.1 Å². The Hall–Kier alpha value is -1.07. The van der Waals surface area contributed by atoms with E-state index in [2.05, 4.69) is 0 Å². The molecule has 1 aromatic carbocycles. The first kappa shape index (κ1) is 14.3. The van der Waals surface area contributed by atoms with Crippen molar-refractivity contribution >= 4 is 0 Å². The van der Waals surface area contributed by atoms with E-state index in [1.807, 2.05) is 11.8 Å². The van der Waals surface area contributed by atoms with Crippen LogP contribution in [0.15, 0.2) is 18.2 Å². The molecule has 1 N–H and O–H groups in total. The lowest BCUT2D eigenvalue weighted by atomic mass is 10.0. The molecule has 0 radical (unpaired) electrons. The molecule has 2 rings (SSSR count). The molecule has 1 aliphatic heterocycles. The molecule has 1 saturated heterocycles. The number of β-amino-alcohol motifs (C(OH)–C–C–N with tert-alkyl or cyclic N) is 1. The van der Waals surface area contributed by atoms with Gasteiger partial charge >= 0.3 is 6.18 Å². The van der Waals surface area contributed by atoms with Crippen LogP contribution in [-0.2, 0) is 12.7 Å². The van der Waals surface area contributed by atoms with E-state index >= 15 is 0 Å². The van der Waals surface area contributed by atoms with Crippen molar-refractivity contribution in [3.05, 3.63) is 34.9 Å². The summed E-state index contributed by atoms with van der Waals surface area (Å²) in [4.78, 5) is 2.01. The molecule has 0 unspecified atom stereocenters. The third-order valence-corrected chi connectivity index (χ3v) is 3.55. The van der Waals surface area contributed by atoms with Crippen LogP contribution >= 0.6 is 0 Å². The second-order valence-electron chi connectivity index (χ2n) is 5.17. The van der Waals surface area contributed by atoms with Crippen molar-refractivity contribution in [3.8, 4) is 0 Å². The molecule has 106 valence electrons. The predicted molar refractivity (Wildman–Crippen MR) is 66.7 cm³/mol. The maximum Gasteiger partial charge on any atom is 0.416 e. The molecular formula is C14H18F3NO. The fourth-order valence-corrected chi connectivity index (χ4v) is 2.43. The SMILES string of the molecule is Cc1ccc(C(F)(F)F)cc1CN1CCC[C@@H](O)C1. The van der Waals surface area contributed by atoms with Crippen LogP contribution in [-0.4, -0.2) is 29.2 Å². The standard InChI is InChI=1S/C14H18F3NO/c1-10-4-5-12(14(15,16)17)7-11(10)8-18-6-2-3-13(19)9-18/h4-5,7,13,19H,2-3,6,8-9H2,1H3/t13-/m1/s1. The Kier molecular flexibility index (Phi) is 4.16. The molecule has 2 nitrogen and oxygen atoms in total. The van der Waals surface area contributed by atoms with E-state index in [9.17, 15) is 18.3 Å². The van der Waals surface area contributed by atoms with Crippen molar-refractivity contribution in [2.45, 2.75) is 38.6 Å². The Morgan fingerprint density at radius 1 is 1.37 bits per heavy atom. The van der Waals surface area contributed by atoms with E-state index in [0.717, 1.165) is 31.0 Å². The van der Waals surface area contributed by atoms with E-state index in [4.69, 9.17) is 0 Å². The Morgan fingerprint density at radius 2 is 2.11 bits per heavy atom. The number of benzene rings is 1. The third kappa shape index (κ3) is 3.70. The predicted octanol–water partition coefficient (Wildman–Crippen LogP) is 2.97. The van der Waals surface area contributed by atoms with Gasteiger partial charge in [-0.15, -0.1) is 0 Å². The van der Waals surface area contributed by atoms with Crippen molar-refractivity contribution in [1.82, 2.24) is 4.90 Å². The number of hydrogen-bond acceptors (Lipinski definition) is 2. The first-order valence-electron chi connectivity index (χ1n) is 6.43. The highest BCUT2D eigenvalue weighted by Gasteiger charge is 2.31. The van der Waals surface area contributed by atoms with Crippen LogP contribution < -0.4 is 0 Å². The summed E-state index contributed by atoms with van der Waals surface area (Å²) in [6, 6.07) is 3.85. The lowest BCUT2D eigenvalue weighted by Crippen LogP contribution is -2.37. The van der Waals surface area contributed by atoms with Crippen LogP contribution in [0.5, 0.6) is 0 Å². The summed E-state index contributed by atoms with van der Waals surface area (Å²) in [6.07, 6.45) is -3.00. The van der Waals surface area contributed by atoms with Crippen molar-refractivity contribution in [1.29, 1.82) is 0 Å². The molecule has 5 heteroatoms. The maximum atomic E-state index is 12.7. The lowest BCUT2D eigenvalue weighted by molar-refractivity contribution is -0.137. The highest BCUT2D eigenvalue weighted by atomic mass is 19.4. The number of piperidine rings is 1. The van der Waals surface area contributed by atoms with Gasteiger partial charge in [-0.3, -0.25) is 4.90 Å². The smallest absolute Gasteiger partial charge is 0.392 e. The number of alkyl halides is 3. The summed E-state index contributed by atoms with van der Waals surface area (Å²) in [5.41, 5.74) is 0.933. The number of hydrogen-bond donors (Lipinski definition) is 1.